The predicted octanol–water partition coefficient (Wildman–Crippen LogP) is 3.34. The van der Waals surface area contributed by atoms with Crippen molar-refractivity contribution in [2.45, 2.75) is 51.9 Å². The third-order valence-electron chi connectivity index (χ3n) is 6.49. The topological polar surface area (TPSA) is 62.9 Å². The van der Waals surface area contributed by atoms with Crippen LogP contribution in [-0.4, -0.2) is 49.2 Å². The lowest BCUT2D eigenvalue weighted by atomic mass is 9.68. The van der Waals surface area contributed by atoms with Crippen LogP contribution in [0.15, 0.2) is 21.7 Å². The highest BCUT2D eigenvalue weighted by molar-refractivity contribution is 5.76. The maximum absolute atomic E-state index is 15.5. The second kappa shape index (κ2) is 7.13. The molecule has 1 aromatic heterocycles. The molecule has 4 heterocycles. The van der Waals surface area contributed by atoms with Gasteiger partial charge in [-0.25, -0.2) is 13.8 Å². The maximum atomic E-state index is 15.5. The minimum absolute atomic E-state index is 0.0645. The number of aromatic nitrogens is 1. The zero-order valence-corrected chi connectivity index (χ0v) is 17.4. The van der Waals surface area contributed by atoms with Gasteiger partial charge in [0, 0.05) is 24.7 Å². The van der Waals surface area contributed by atoms with Gasteiger partial charge in [0.15, 0.2) is 11.6 Å². The van der Waals surface area contributed by atoms with E-state index >= 15 is 8.78 Å². The van der Waals surface area contributed by atoms with Crippen molar-refractivity contribution in [2.75, 3.05) is 24.7 Å². The molecule has 0 aliphatic carbocycles. The highest BCUT2D eigenvalue weighted by Crippen LogP contribution is 2.47. The van der Waals surface area contributed by atoms with E-state index in [0.29, 0.717) is 44.0 Å². The SMILES string of the molecule is CCc1coc(-c2cc3c(c(F)c2F)N2C[C@H](C)O[C@H](C)[C@H]2C2(C=NCNC2)C3)n1. The van der Waals surface area contributed by atoms with E-state index in [1.807, 2.05) is 31.9 Å². The fourth-order valence-corrected chi connectivity index (χ4v) is 5.37. The largest absolute Gasteiger partial charge is 0.444 e. The Morgan fingerprint density at radius 1 is 1.30 bits per heavy atom. The normalized spacial score (nSPS) is 30.4. The minimum atomic E-state index is -0.921. The Balaban J connectivity index is 1.69. The van der Waals surface area contributed by atoms with E-state index in [4.69, 9.17) is 9.15 Å². The summed E-state index contributed by atoms with van der Waals surface area (Å²) < 4.78 is 42.3. The fourth-order valence-electron chi connectivity index (χ4n) is 5.37. The van der Waals surface area contributed by atoms with Crippen molar-refractivity contribution in [3.05, 3.63) is 35.2 Å². The van der Waals surface area contributed by atoms with Crippen LogP contribution in [0.3, 0.4) is 0 Å². The Morgan fingerprint density at radius 2 is 2.13 bits per heavy atom. The van der Waals surface area contributed by atoms with E-state index in [2.05, 4.69) is 15.3 Å². The summed E-state index contributed by atoms with van der Waals surface area (Å²) in [7, 11) is 0. The van der Waals surface area contributed by atoms with Crippen molar-refractivity contribution in [1.82, 2.24) is 10.3 Å². The molecule has 4 atom stereocenters. The molecule has 1 spiro atoms. The predicted molar refractivity (Wildman–Crippen MR) is 110 cm³/mol. The molecular weight excluding hydrogens is 390 g/mol. The molecule has 0 saturated carbocycles. The zero-order valence-electron chi connectivity index (χ0n) is 17.4. The summed E-state index contributed by atoms with van der Waals surface area (Å²) >= 11 is 0. The van der Waals surface area contributed by atoms with E-state index in [1.54, 1.807) is 6.07 Å². The monoisotopic (exact) mass is 416 g/mol. The summed E-state index contributed by atoms with van der Waals surface area (Å²) in [4.78, 5) is 10.8. The molecule has 30 heavy (non-hydrogen) atoms. The van der Waals surface area contributed by atoms with Gasteiger partial charge in [0.1, 0.15) is 6.26 Å². The number of rotatable bonds is 2. The lowest BCUT2D eigenvalue weighted by Crippen LogP contribution is -2.67. The summed E-state index contributed by atoms with van der Waals surface area (Å²) in [6.45, 7) is 7.66. The molecule has 5 rings (SSSR count). The van der Waals surface area contributed by atoms with Crippen LogP contribution in [0.4, 0.5) is 14.5 Å². The molecule has 160 valence electrons. The minimum Gasteiger partial charge on any atom is -0.444 e. The first-order chi connectivity index (χ1) is 14.4. The molecule has 1 N–H and O–H groups in total. The molecule has 0 radical (unpaired) electrons. The Kier molecular flexibility index (Phi) is 4.67. The van der Waals surface area contributed by atoms with Crippen LogP contribution in [0.1, 0.15) is 32.0 Å². The van der Waals surface area contributed by atoms with Gasteiger partial charge >= 0.3 is 0 Å². The van der Waals surface area contributed by atoms with Crippen molar-refractivity contribution >= 4 is 11.9 Å². The molecule has 1 unspecified atom stereocenters. The van der Waals surface area contributed by atoms with Crippen molar-refractivity contribution in [3.8, 4) is 11.5 Å². The van der Waals surface area contributed by atoms with Crippen LogP contribution in [0.5, 0.6) is 0 Å². The van der Waals surface area contributed by atoms with Crippen LogP contribution in [-0.2, 0) is 17.6 Å². The number of hydrogen-bond acceptors (Lipinski definition) is 6. The zero-order chi connectivity index (χ0) is 21.0. The summed E-state index contributed by atoms with van der Waals surface area (Å²) in [6, 6.07) is 1.57. The lowest BCUT2D eigenvalue weighted by Gasteiger charge is -2.56. The second-order valence-corrected chi connectivity index (χ2v) is 8.61. The highest BCUT2D eigenvalue weighted by atomic mass is 19.2. The molecule has 6 nitrogen and oxygen atoms in total. The van der Waals surface area contributed by atoms with E-state index in [-0.39, 0.29) is 35.1 Å². The summed E-state index contributed by atoms with van der Waals surface area (Å²) in [5.41, 5.74) is 1.48. The average Bonchev–Trinajstić information content (AvgIpc) is 3.19. The van der Waals surface area contributed by atoms with Gasteiger partial charge in [-0.15, -0.1) is 0 Å². The van der Waals surface area contributed by atoms with Crippen LogP contribution in [0.2, 0.25) is 0 Å². The Labute approximate surface area is 174 Å². The van der Waals surface area contributed by atoms with Gasteiger partial charge in [-0.1, -0.05) is 6.92 Å². The summed E-state index contributed by atoms with van der Waals surface area (Å²) in [5, 5.41) is 3.35. The average molecular weight is 416 g/mol. The summed E-state index contributed by atoms with van der Waals surface area (Å²) in [5.74, 6) is -1.66. The second-order valence-electron chi connectivity index (χ2n) is 8.61. The van der Waals surface area contributed by atoms with E-state index in [1.165, 1.54) is 6.26 Å². The number of aliphatic imine (C=N–C) groups is 1. The van der Waals surface area contributed by atoms with Crippen molar-refractivity contribution < 1.29 is 17.9 Å². The van der Waals surface area contributed by atoms with E-state index in [9.17, 15) is 0 Å². The number of hydrogen-bond donors (Lipinski definition) is 1. The molecule has 0 amide bonds. The standard InChI is InChI=1S/C22H26F2N4O2/c1-4-15-8-29-21(27-15)16-5-14-6-22(9-25-11-26-10-22)20-13(3)30-12(2)7-28(20)19(14)18(24)17(16)23/h5,8-9,12-13,20,26H,4,6-7,10-11H2,1-3H3/t12-,13+,20-,22?/m0/s1. The first-order valence-corrected chi connectivity index (χ1v) is 10.5. The number of oxazole rings is 1. The van der Waals surface area contributed by atoms with E-state index in [0.717, 1.165) is 5.56 Å². The molecule has 2 aromatic rings. The molecule has 3 aliphatic heterocycles. The molecule has 1 aromatic carbocycles. The number of morpholine rings is 1. The number of benzene rings is 1. The fraction of sp³-hybridized carbons (Fsp3) is 0.545. The molecule has 1 saturated heterocycles. The molecule has 3 aliphatic rings. The lowest BCUT2D eigenvalue weighted by molar-refractivity contribution is -0.0523. The van der Waals surface area contributed by atoms with E-state index < -0.39 is 11.6 Å². The Hall–Kier alpha value is -2.32. The molecule has 1 fully saturated rings. The number of fused-ring (bicyclic) bond motifs is 4. The van der Waals surface area contributed by atoms with Crippen LogP contribution >= 0.6 is 0 Å². The number of halogens is 2. The maximum Gasteiger partial charge on any atom is 0.229 e. The number of nitrogens with zero attached hydrogens (tertiary/aromatic N) is 3. The van der Waals surface area contributed by atoms with Gasteiger partial charge in [0.2, 0.25) is 5.89 Å². The third kappa shape index (κ3) is 2.88. The molecule has 0 bridgehead atoms. The number of anilines is 1. The quantitative estimate of drug-likeness (QED) is 0.814. The van der Waals surface area contributed by atoms with Gasteiger partial charge in [-0.2, -0.15) is 0 Å². The molecule has 8 heteroatoms. The number of ether oxygens (including phenoxy) is 1. The smallest absolute Gasteiger partial charge is 0.229 e. The van der Waals surface area contributed by atoms with Gasteiger partial charge in [0.05, 0.1) is 41.9 Å². The van der Waals surface area contributed by atoms with Gasteiger partial charge in [0.25, 0.3) is 0 Å². The van der Waals surface area contributed by atoms with Crippen LogP contribution < -0.4 is 10.2 Å². The van der Waals surface area contributed by atoms with Crippen LogP contribution in [0.25, 0.3) is 11.5 Å². The number of nitrogens with one attached hydrogen (secondary N) is 1. The summed E-state index contributed by atoms with van der Waals surface area (Å²) in [6.07, 6.45) is 4.44. The first kappa shape index (κ1) is 19.6. The Morgan fingerprint density at radius 3 is 2.83 bits per heavy atom. The third-order valence-corrected chi connectivity index (χ3v) is 6.49. The van der Waals surface area contributed by atoms with Crippen molar-refractivity contribution in [2.24, 2.45) is 10.4 Å². The van der Waals surface area contributed by atoms with Crippen molar-refractivity contribution in [1.29, 1.82) is 0 Å². The highest BCUT2D eigenvalue weighted by Gasteiger charge is 2.52. The van der Waals surface area contributed by atoms with Crippen LogP contribution in [0, 0.1) is 17.0 Å². The van der Waals surface area contributed by atoms with Gasteiger partial charge < -0.3 is 14.1 Å². The first-order valence-electron chi connectivity index (χ1n) is 10.5. The number of aryl methyl sites for hydroxylation is 1. The molecular formula is C22H26F2N4O2. The van der Waals surface area contributed by atoms with Crippen molar-refractivity contribution in [3.63, 3.8) is 0 Å². The Bertz CT molecular complexity index is 1010. The van der Waals surface area contributed by atoms with Gasteiger partial charge in [-0.3, -0.25) is 10.3 Å². The van der Waals surface area contributed by atoms with Gasteiger partial charge in [-0.05, 0) is 38.3 Å².